The highest BCUT2D eigenvalue weighted by Gasteiger charge is 2.49. The summed E-state index contributed by atoms with van der Waals surface area (Å²) in [5.74, 6) is 1.39. The molecule has 0 radical (unpaired) electrons. The minimum Gasteiger partial charge on any atom is -0.444 e. The van der Waals surface area contributed by atoms with Gasteiger partial charge in [0.05, 0.1) is 12.1 Å². The van der Waals surface area contributed by atoms with Gasteiger partial charge in [0, 0.05) is 26.7 Å². The number of likely N-dealkylation sites (tertiary alicyclic amines) is 1. The van der Waals surface area contributed by atoms with Crippen LogP contribution in [0.25, 0.3) is 0 Å². The first-order valence-electron chi connectivity index (χ1n) is 10.8. The Balaban J connectivity index is 1.94. The number of hydrogen-bond donors (Lipinski definition) is 2. The smallest absolute Gasteiger partial charge is 0.412 e. The molecule has 0 aromatic carbocycles. The van der Waals surface area contributed by atoms with Crippen molar-refractivity contribution in [1.29, 1.82) is 0 Å². The number of nitrogens with zero attached hydrogens (tertiary/aromatic N) is 3. The topological polar surface area (TPSA) is 78.4 Å². The van der Waals surface area contributed by atoms with E-state index in [2.05, 4.69) is 27.4 Å². The lowest BCUT2D eigenvalue weighted by atomic mass is 10.1. The van der Waals surface area contributed by atoms with Crippen molar-refractivity contribution in [2.75, 3.05) is 39.8 Å². The number of ether oxygens (including phenoxy) is 2. The predicted molar refractivity (Wildman–Crippen MR) is 116 cm³/mol. The summed E-state index contributed by atoms with van der Waals surface area (Å²) in [5.41, 5.74) is -1.28. The molecule has 2 N–H and O–H groups in total. The zero-order valence-corrected chi connectivity index (χ0v) is 19.5. The number of hydrogen-bond acceptors (Lipinski definition) is 5. The van der Waals surface area contributed by atoms with Crippen molar-refractivity contribution in [1.82, 2.24) is 20.4 Å². The first kappa shape index (κ1) is 23.7. The summed E-state index contributed by atoms with van der Waals surface area (Å²) in [6.07, 6.45) is 0.745. The monoisotopic (exact) mass is 411 g/mol. The van der Waals surface area contributed by atoms with Gasteiger partial charge in [-0.25, -0.2) is 4.79 Å². The first-order chi connectivity index (χ1) is 13.5. The molecule has 1 amide bonds. The summed E-state index contributed by atoms with van der Waals surface area (Å²) in [5, 5.41) is 6.81. The molecule has 2 rings (SSSR count). The molecule has 0 spiro atoms. The van der Waals surface area contributed by atoms with Crippen LogP contribution in [-0.4, -0.2) is 85.1 Å². The average molecular weight is 412 g/mol. The van der Waals surface area contributed by atoms with Gasteiger partial charge in [-0.3, -0.25) is 9.89 Å². The Morgan fingerprint density at radius 3 is 2.48 bits per heavy atom. The fourth-order valence-electron chi connectivity index (χ4n) is 4.15. The van der Waals surface area contributed by atoms with Crippen molar-refractivity contribution in [2.24, 2.45) is 10.9 Å². The van der Waals surface area contributed by atoms with E-state index < -0.39 is 11.3 Å². The Hall–Kier alpha value is -1.54. The molecule has 2 saturated heterocycles. The number of carbonyl (C=O) groups is 1. The maximum atomic E-state index is 12.9. The largest absolute Gasteiger partial charge is 0.444 e. The normalized spacial score (nSPS) is 27.9. The maximum absolute atomic E-state index is 12.9. The molecule has 8 nitrogen and oxygen atoms in total. The molecule has 2 aliphatic heterocycles. The molecule has 0 aliphatic carbocycles. The second-order valence-corrected chi connectivity index (χ2v) is 9.57. The minimum atomic E-state index is -0.724. The van der Waals surface area contributed by atoms with Gasteiger partial charge in [0.15, 0.2) is 5.96 Å². The van der Waals surface area contributed by atoms with Crippen LogP contribution in [-0.2, 0) is 9.47 Å². The van der Waals surface area contributed by atoms with E-state index in [4.69, 9.17) is 9.47 Å². The van der Waals surface area contributed by atoms with Crippen molar-refractivity contribution >= 4 is 12.1 Å². The Morgan fingerprint density at radius 2 is 1.93 bits per heavy atom. The number of guanidine groups is 1. The maximum Gasteiger partial charge on any atom is 0.412 e. The summed E-state index contributed by atoms with van der Waals surface area (Å²) in [6, 6.07) is -0.152. The zero-order chi connectivity index (χ0) is 21.8. The van der Waals surface area contributed by atoms with Gasteiger partial charge in [-0.15, -0.1) is 0 Å². The lowest BCUT2D eigenvalue weighted by Gasteiger charge is -2.35. The predicted octanol–water partition coefficient (Wildman–Crippen LogP) is 2.25. The van der Waals surface area contributed by atoms with E-state index in [1.807, 2.05) is 41.5 Å². The van der Waals surface area contributed by atoms with Crippen LogP contribution in [0, 0.1) is 5.92 Å². The lowest BCUT2D eigenvalue weighted by molar-refractivity contribution is -0.0755. The van der Waals surface area contributed by atoms with E-state index in [0.717, 1.165) is 25.6 Å². The molecule has 3 unspecified atom stereocenters. The molecule has 8 heteroatoms. The van der Waals surface area contributed by atoms with Gasteiger partial charge in [-0.2, -0.15) is 0 Å². The molecule has 2 aliphatic rings. The fraction of sp³-hybridized carbons (Fsp3) is 0.905. The SMILES string of the molecule is CCN1CCC(CNC(=NC)NCC2C(C)OC(C)(C)N2C(=O)OC(C)(C)C)C1. The fourth-order valence-corrected chi connectivity index (χ4v) is 4.15. The van der Waals surface area contributed by atoms with E-state index in [1.165, 1.54) is 13.0 Å². The Morgan fingerprint density at radius 1 is 1.28 bits per heavy atom. The molecule has 3 atom stereocenters. The highest BCUT2D eigenvalue weighted by Crippen LogP contribution is 2.33. The van der Waals surface area contributed by atoms with E-state index in [1.54, 1.807) is 11.9 Å². The van der Waals surface area contributed by atoms with Crippen molar-refractivity contribution < 1.29 is 14.3 Å². The lowest BCUT2D eigenvalue weighted by Crippen LogP contribution is -2.54. The minimum absolute atomic E-state index is 0.115. The van der Waals surface area contributed by atoms with Gasteiger partial charge < -0.3 is 25.0 Å². The van der Waals surface area contributed by atoms with Crippen LogP contribution in [0.4, 0.5) is 4.79 Å². The molecule has 2 fully saturated rings. The van der Waals surface area contributed by atoms with Crippen molar-refractivity contribution in [3.8, 4) is 0 Å². The van der Waals surface area contributed by atoms with Gasteiger partial charge in [0.25, 0.3) is 0 Å². The molecule has 29 heavy (non-hydrogen) atoms. The van der Waals surface area contributed by atoms with Crippen molar-refractivity contribution in [2.45, 2.75) is 78.4 Å². The van der Waals surface area contributed by atoms with Crippen molar-refractivity contribution in [3.05, 3.63) is 0 Å². The van der Waals surface area contributed by atoms with E-state index in [-0.39, 0.29) is 18.2 Å². The molecule has 0 bridgehead atoms. The molecular weight excluding hydrogens is 370 g/mol. The summed E-state index contributed by atoms with van der Waals surface area (Å²) in [4.78, 5) is 21.4. The summed E-state index contributed by atoms with van der Waals surface area (Å²) >= 11 is 0. The second-order valence-electron chi connectivity index (χ2n) is 9.57. The van der Waals surface area contributed by atoms with Gasteiger partial charge >= 0.3 is 6.09 Å². The summed E-state index contributed by atoms with van der Waals surface area (Å²) in [6.45, 7) is 18.5. The number of aliphatic imine (C=N–C) groups is 1. The quantitative estimate of drug-likeness (QED) is 0.534. The Labute approximate surface area is 176 Å². The third-order valence-electron chi connectivity index (χ3n) is 5.60. The number of amides is 1. The Kier molecular flexibility index (Phi) is 7.79. The molecular formula is C21H41N5O3. The molecule has 2 heterocycles. The molecule has 168 valence electrons. The van der Waals surface area contributed by atoms with Crippen LogP contribution in [0.5, 0.6) is 0 Å². The van der Waals surface area contributed by atoms with Crippen LogP contribution in [0.15, 0.2) is 4.99 Å². The third-order valence-corrected chi connectivity index (χ3v) is 5.60. The van der Waals surface area contributed by atoms with Gasteiger partial charge in [-0.05, 0) is 67.0 Å². The summed E-state index contributed by atoms with van der Waals surface area (Å²) < 4.78 is 11.7. The second kappa shape index (κ2) is 9.51. The Bertz CT molecular complexity index is 587. The number of rotatable bonds is 5. The van der Waals surface area contributed by atoms with Crippen LogP contribution in [0.3, 0.4) is 0 Å². The first-order valence-corrected chi connectivity index (χ1v) is 10.8. The van der Waals surface area contributed by atoms with Crippen LogP contribution >= 0.6 is 0 Å². The zero-order valence-electron chi connectivity index (χ0n) is 19.5. The van der Waals surface area contributed by atoms with Gasteiger partial charge in [0.1, 0.15) is 11.3 Å². The highest BCUT2D eigenvalue weighted by molar-refractivity contribution is 5.79. The van der Waals surface area contributed by atoms with Crippen LogP contribution < -0.4 is 10.6 Å². The van der Waals surface area contributed by atoms with E-state index in [0.29, 0.717) is 12.5 Å². The van der Waals surface area contributed by atoms with Crippen LogP contribution in [0.2, 0.25) is 0 Å². The molecule has 0 saturated carbocycles. The number of carbonyl (C=O) groups excluding carboxylic acids is 1. The summed E-state index contributed by atoms with van der Waals surface area (Å²) in [7, 11) is 1.77. The standard InChI is InChI=1S/C21H41N5O3/c1-9-25-11-10-16(14-25)12-23-18(22-8)24-13-17-15(2)28-21(6,7)26(17)19(27)29-20(3,4)5/h15-17H,9-14H2,1-8H3,(H2,22,23,24). The molecule has 0 aromatic heterocycles. The van der Waals surface area contributed by atoms with Crippen molar-refractivity contribution in [3.63, 3.8) is 0 Å². The highest BCUT2D eigenvalue weighted by atomic mass is 16.6. The third kappa shape index (κ3) is 6.47. The van der Waals surface area contributed by atoms with E-state index >= 15 is 0 Å². The number of nitrogens with one attached hydrogen (secondary N) is 2. The van der Waals surface area contributed by atoms with E-state index in [9.17, 15) is 4.79 Å². The molecule has 0 aromatic rings. The van der Waals surface area contributed by atoms with Gasteiger partial charge in [-0.1, -0.05) is 6.92 Å². The van der Waals surface area contributed by atoms with Crippen LogP contribution in [0.1, 0.15) is 54.9 Å². The average Bonchev–Trinajstić information content (AvgIpc) is 3.14. The van der Waals surface area contributed by atoms with Gasteiger partial charge in [0.2, 0.25) is 0 Å².